The molecule has 0 aromatic heterocycles. The van der Waals surface area contributed by atoms with Gasteiger partial charge >= 0.3 is 5.97 Å². The lowest BCUT2D eigenvalue weighted by Crippen LogP contribution is -2.50. The molecule has 0 aliphatic carbocycles. The van der Waals surface area contributed by atoms with Gasteiger partial charge in [-0.15, -0.1) is 0 Å². The van der Waals surface area contributed by atoms with Crippen LogP contribution in [0.1, 0.15) is 12.8 Å². The smallest absolute Gasteiger partial charge is 0.309 e. The van der Waals surface area contributed by atoms with E-state index in [-0.39, 0.29) is 5.92 Å². The quantitative estimate of drug-likeness (QED) is 0.613. The number of hydrogen-bond donors (Lipinski definition) is 1. The zero-order chi connectivity index (χ0) is 8.97. The highest BCUT2D eigenvalue weighted by Crippen LogP contribution is 2.15. The van der Waals surface area contributed by atoms with Gasteiger partial charge in [0.15, 0.2) is 0 Å². The largest absolute Gasteiger partial charge is 0.481 e. The van der Waals surface area contributed by atoms with Crippen molar-refractivity contribution >= 4 is 5.97 Å². The zero-order valence-corrected chi connectivity index (χ0v) is 6.86. The monoisotopic (exact) mass is 168 g/mol. The molecule has 0 aromatic rings. The molecule has 0 unspecified atom stereocenters. The molecule has 0 bridgehead atoms. The van der Waals surface area contributed by atoms with Gasteiger partial charge in [0.2, 0.25) is 0 Å². The summed E-state index contributed by atoms with van der Waals surface area (Å²) < 4.78 is 0. The number of hydrogen-bond acceptors (Lipinski definition) is 3. The number of rotatable bonds is 4. The van der Waals surface area contributed by atoms with Gasteiger partial charge in [0.25, 0.3) is 0 Å². The van der Waals surface area contributed by atoms with E-state index in [0.717, 1.165) is 13.0 Å². The molecule has 1 rings (SSSR count). The minimum Gasteiger partial charge on any atom is -0.481 e. The van der Waals surface area contributed by atoms with Gasteiger partial charge in [-0.05, 0) is 13.0 Å². The number of nitriles is 1. The first-order valence-electron chi connectivity index (χ1n) is 4.06. The lowest BCUT2D eigenvalue weighted by molar-refractivity contribution is -0.147. The van der Waals surface area contributed by atoms with Crippen LogP contribution in [0.5, 0.6) is 0 Å². The second-order valence-corrected chi connectivity index (χ2v) is 3.06. The van der Waals surface area contributed by atoms with Crippen molar-refractivity contribution in [2.45, 2.75) is 12.8 Å². The molecule has 0 amide bonds. The van der Waals surface area contributed by atoms with Crippen LogP contribution in [0.3, 0.4) is 0 Å². The third kappa shape index (κ3) is 2.21. The number of carboxylic acids is 1. The van der Waals surface area contributed by atoms with Gasteiger partial charge in [0.1, 0.15) is 0 Å². The van der Waals surface area contributed by atoms with E-state index in [2.05, 4.69) is 11.0 Å². The summed E-state index contributed by atoms with van der Waals surface area (Å²) >= 11 is 0. The Hall–Kier alpha value is -1.08. The van der Waals surface area contributed by atoms with Crippen molar-refractivity contribution in [3.63, 3.8) is 0 Å². The topological polar surface area (TPSA) is 64.3 Å². The van der Waals surface area contributed by atoms with E-state index in [9.17, 15) is 4.79 Å². The third-order valence-corrected chi connectivity index (χ3v) is 2.07. The maximum atomic E-state index is 10.4. The van der Waals surface area contributed by atoms with Gasteiger partial charge in [0.05, 0.1) is 12.0 Å². The Kier molecular flexibility index (Phi) is 3.06. The Morgan fingerprint density at radius 3 is 2.83 bits per heavy atom. The summed E-state index contributed by atoms with van der Waals surface area (Å²) in [4.78, 5) is 12.4. The van der Waals surface area contributed by atoms with Crippen LogP contribution < -0.4 is 0 Å². The normalized spacial score (nSPS) is 18.2. The minimum atomic E-state index is -0.702. The van der Waals surface area contributed by atoms with Crippen LogP contribution in [-0.2, 0) is 4.79 Å². The van der Waals surface area contributed by atoms with Crippen LogP contribution in [0.2, 0.25) is 0 Å². The second kappa shape index (κ2) is 4.07. The van der Waals surface area contributed by atoms with Crippen LogP contribution >= 0.6 is 0 Å². The average molecular weight is 168 g/mol. The standard InChI is InChI=1S/C8H12N2O2/c9-3-1-2-4-10-5-7(6-10)8(11)12/h7H,1-2,4-6H2,(H,11,12). The summed E-state index contributed by atoms with van der Waals surface area (Å²) in [5.74, 6) is -0.876. The molecule has 1 aliphatic heterocycles. The number of carboxylic acid groups (broad SMARTS) is 1. The fraction of sp³-hybridized carbons (Fsp3) is 0.750. The molecular formula is C8H12N2O2. The molecule has 0 aromatic carbocycles. The number of nitrogens with zero attached hydrogens (tertiary/aromatic N) is 2. The number of likely N-dealkylation sites (tertiary alicyclic amines) is 1. The van der Waals surface area contributed by atoms with E-state index in [1.165, 1.54) is 0 Å². The molecule has 1 saturated heterocycles. The second-order valence-electron chi connectivity index (χ2n) is 3.06. The van der Waals surface area contributed by atoms with Crippen LogP contribution in [0, 0.1) is 17.2 Å². The fourth-order valence-electron chi connectivity index (χ4n) is 1.29. The molecule has 12 heavy (non-hydrogen) atoms. The highest BCUT2D eigenvalue weighted by molar-refractivity contribution is 5.71. The molecule has 1 fully saturated rings. The van der Waals surface area contributed by atoms with Gasteiger partial charge < -0.3 is 10.0 Å². The van der Waals surface area contributed by atoms with Gasteiger partial charge in [-0.2, -0.15) is 5.26 Å². The fourth-order valence-corrected chi connectivity index (χ4v) is 1.29. The molecular weight excluding hydrogens is 156 g/mol. The highest BCUT2D eigenvalue weighted by atomic mass is 16.4. The van der Waals surface area contributed by atoms with Crippen LogP contribution in [0.15, 0.2) is 0 Å². The first kappa shape index (κ1) is 9.01. The minimum absolute atomic E-state index is 0.174. The van der Waals surface area contributed by atoms with E-state index < -0.39 is 5.97 Å². The SMILES string of the molecule is N#CCCCN1CC(C(=O)O)C1. The Bertz CT molecular complexity index is 204. The first-order chi connectivity index (χ1) is 5.74. The Morgan fingerprint density at radius 1 is 1.67 bits per heavy atom. The summed E-state index contributed by atoms with van der Waals surface area (Å²) in [7, 11) is 0. The van der Waals surface area contributed by atoms with Gasteiger partial charge in [-0.3, -0.25) is 4.79 Å². The van der Waals surface area contributed by atoms with Crippen molar-refractivity contribution in [1.29, 1.82) is 5.26 Å². The number of unbranched alkanes of at least 4 members (excludes halogenated alkanes) is 1. The van der Waals surface area contributed by atoms with E-state index in [4.69, 9.17) is 10.4 Å². The molecule has 1 heterocycles. The zero-order valence-electron chi connectivity index (χ0n) is 6.86. The Balaban J connectivity index is 2.03. The van der Waals surface area contributed by atoms with E-state index >= 15 is 0 Å². The van der Waals surface area contributed by atoms with Crippen LogP contribution in [-0.4, -0.2) is 35.6 Å². The first-order valence-corrected chi connectivity index (χ1v) is 4.06. The number of aliphatic carboxylic acids is 1. The molecule has 1 N–H and O–H groups in total. The van der Waals surface area contributed by atoms with Crippen molar-refractivity contribution in [2.75, 3.05) is 19.6 Å². The summed E-state index contributed by atoms with van der Waals surface area (Å²) in [5, 5.41) is 16.8. The lowest BCUT2D eigenvalue weighted by Gasteiger charge is -2.36. The van der Waals surface area contributed by atoms with E-state index in [0.29, 0.717) is 19.5 Å². The molecule has 66 valence electrons. The van der Waals surface area contributed by atoms with Gasteiger partial charge in [0, 0.05) is 19.5 Å². The summed E-state index contributed by atoms with van der Waals surface area (Å²) in [6.07, 6.45) is 1.41. The van der Waals surface area contributed by atoms with Crippen molar-refractivity contribution in [3.8, 4) is 6.07 Å². The Morgan fingerprint density at radius 2 is 2.33 bits per heavy atom. The van der Waals surface area contributed by atoms with E-state index in [1.807, 2.05) is 0 Å². The van der Waals surface area contributed by atoms with Gasteiger partial charge in [-0.25, -0.2) is 0 Å². The van der Waals surface area contributed by atoms with Crippen LogP contribution in [0.4, 0.5) is 0 Å². The molecule has 0 saturated carbocycles. The van der Waals surface area contributed by atoms with Crippen LogP contribution in [0.25, 0.3) is 0 Å². The van der Waals surface area contributed by atoms with Crippen molar-refractivity contribution in [1.82, 2.24) is 4.90 Å². The molecule has 0 atom stereocenters. The lowest BCUT2D eigenvalue weighted by atomic mass is 10.0. The Labute approximate surface area is 71.4 Å². The molecule has 0 spiro atoms. The van der Waals surface area contributed by atoms with Crippen molar-refractivity contribution < 1.29 is 9.90 Å². The highest BCUT2D eigenvalue weighted by Gasteiger charge is 2.31. The summed E-state index contributed by atoms with van der Waals surface area (Å²) in [6, 6.07) is 2.06. The van der Waals surface area contributed by atoms with E-state index in [1.54, 1.807) is 0 Å². The average Bonchev–Trinajstić information content (AvgIpc) is 1.93. The predicted molar refractivity (Wildman–Crippen MR) is 42.4 cm³/mol. The third-order valence-electron chi connectivity index (χ3n) is 2.07. The summed E-state index contributed by atoms with van der Waals surface area (Å²) in [6.45, 7) is 2.17. The number of carbonyl (C=O) groups is 1. The van der Waals surface area contributed by atoms with Crippen molar-refractivity contribution in [2.24, 2.45) is 5.92 Å². The predicted octanol–water partition coefficient (Wildman–Crippen LogP) is 0.307. The molecule has 1 aliphatic rings. The van der Waals surface area contributed by atoms with Crippen molar-refractivity contribution in [3.05, 3.63) is 0 Å². The molecule has 4 nitrogen and oxygen atoms in total. The summed E-state index contributed by atoms with van der Waals surface area (Å²) in [5.41, 5.74) is 0. The maximum absolute atomic E-state index is 10.4. The maximum Gasteiger partial charge on any atom is 0.309 e. The molecule has 0 radical (unpaired) electrons. The molecule has 4 heteroatoms. The van der Waals surface area contributed by atoms with Gasteiger partial charge in [-0.1, -0.05) is 0 Å².